The molecule has 1 aromatic rings. The highest BCUT2D eigenvalue weighted by molar-refractivity contribution is 9.11. The van der Waals surface area contributed by atoms with Crippen LogP contribution in [0.1, 0.15) is 38.0 Å². The number of thiophene rings is 1. The van der Waals surface area contributed by atoms with Gasteiger partial charge in [0.2, 0.25) is 5.91 Å². The van der Waals surface area contributed by atoms with Gasteiger partial charge in [0.15, 0.2) is 0 Å². The summed E-state index contributed by atoms with van der Waals surface area (Å²) in [5, 5.41) is 12.1. The molecule has 18 heavy (non-hydrogen) atoms. The van der Waals surface area contributed by atoms with Gasteiger partial charge in [-0.05, 0) is 61.2 Å². The van der Waals surface area contributed by atoms with Crippen LogP contribution in [0.25, 0.3) is 0 Å². The van der Waals surface area contributed by atoms with Crippen molar-refractivity contribution in [3.05, 3.63) is 20.8 Å². The second-order valence-corrected chi connectivity index (χ2v) is 7.16. The lowest BCUT2D eigenvalue weighted by Crippen LogP contribution is -2.34. The minimum Gasteiger partial charge on any atom is -0.393 e. The van der Waals surface area contributed by atoms with Crippen LogP contribution in [-0.4, -0.2) is 23.2 Å². The Kier molecular flexibility index (Phi) is 6.89. The predicted octanol–water partition coefficient (Wildman–Crippen LogP) is 3.11. The van der Waals surface area contributed by atoms with Crippen molar-refractivity contribution in [1.82, 2.24) is 5.32 Å². The van der Waals surface area contributed by atoms with Crippen LogP contribution in [0, 0.1) is 0 Å². The third-order valence-electron chi connectivity index (χ3n) is 2.56. The van der Waals surface area contributed by atoms with Crippen molar-refractivity contribution in [2.24, 2.45) is 0 Å². The zero-order valence-corrected chi connectivity index (χ0v) is 13.2. The van der Waals surface area contributed by atoms with Gasteiger partial charge in [0, 0.05) is 17.3 Å². The average Bonchev–Trinajstić information content (AvgIpc) is 2.62. The van der Waals surface area contributed by atoms with Crippen molar-refractivity contribution in [2.75, 3.05) is 0 Å². The first-order chi connectivity index (χ1) is 8.47. The summed E-state index contributed by atoms with van der Waals surface area (Å²) in [6.45, 7) is 3.65. The van der Waals surface area contributed by atoms with E-state index >= 15 is 0 Å². The van der Waals surface area contributed by atoms with E-state index in [2.05, 4.69) is 27.3 Å². The Labute approximate surface area is 121 Å². The van der Waals surface area contributed by atoms with E-state index in [1.54, 1.807) is 18.3 Å². The van der Waals surface area contributed by atoms with Gasteiger partial charge in [-0.15, -0.1) is 11.3 Å². The summed E-state index contributed by atoms with van der Waals surface area (Å²) in [4.78, 5) is 12.9. The molecular formula is C13H20BrNO2S. The van der Waals surface area contributed by atoms with Crippen LogP contribution in [0.5, 0.6) is 0 Å². The number of hydrogen-bond acceptors (Lipinski definition) is 3. The maximum absolute atomic E-state index is 11.6. The number of amides is 1. The van der Waals surface area contributed by atoms with E-state index in [-0.39, 0.29) is 18.1 Å². The molecule has 0 saturated carbocycles. The summed E-state index contributed by atoms with van der Waals surface area (Å²) in [6.07, 6.45) is 2.57. The van der Waals surface area contributed by atoms with E-state index in [0.717, 1.165) is 16.6 Å². The average molecular weight is 334 g/mol. The van der Waals surface area contributed by atoms with E-state index in [9.17, 15) is 9.90 Å². The van der Waals surface area contributed by atoms with Crippen molar-refractivity contribution >= 4 is 33.2 Å². The lowest BCUT2D eigenvalue weighted by Gasteiger charge is -2.15. The fourth-order valence-electron chi connectivity index (χ4n) is 1.83. The van der Waals surface area contributed by atoms with Gasteiger partial charge in [-0.25, -0.2) is 0 Å². The van der Waals surface area contributed by atoms with Crippen LogP contribution < -0.4 is 5.32 Å². The Morgan fingerprint density at radius 3 is 2.78 bits per heavy atom. The number of hydrogen-bond donors (Lipinski definition) is 2. The molecule has 0 spiro atoms. The van der Waals surface area contributed by atoms with Crippen molar-refractivity contribution < 1.29 is 9.90 Å². The SMILES string of the molecule is CC(O)CC(C)NC(=O)CCCc1ccc(Br)s1. The second-order valence-electron chi connectivity index (χ2n) is 4.61. The molecule has 2 unspecified atom stereocenters. The molecule has 2 atom stereocenters. The predicted molar refractivity (Wildman–Crippen MR) is 78.9 cm³/mol. The Hall–Kier alpha value is -0.390. The number of aryl methyl sites for hydroxylation is 1. The quantitative estimate of drug-likeness (QED) is 0.805. The highest BCUT2D eigenvalue weighted by Gasteiger charge is 2.09. The Morgan fingerprint density at radius 1 is 1.50 bits per heavy atom. The molecule has 0 aliphatic carbocycles. The zero-order valence-electron chi connectivity index (χ0n) is 10.8. The van der Waals surface area contributed by atoms with Crippen LogP contribution in [0.4, 0.5) is 0 Å². The molecule has 0 radical (unpaired) electrons. The van der Waals surface area contributed by atoms with Gasteiger partial charge >= 0.3 is 0 Å². The van der Waals surface area contributed by atoms with Crippen molar-refractivity contribution in [3.8, 4) is 0 Å². The molecule has 1 aromatic heterocycles. The van der Waals surface area contributed by atoms with Gasteiger partial charge < -0.3 is 10.4 Å². The van der Waals surface area contributed by atoms with Gasteiger partial charge in [-0.1, -0.05) is 0 Å². The number of carbonyl (C=O) groups excluding carboxylic acids is 1. The van der Waals surface area contributed by atoms with Gasteiger partial charge in [0.05, 0.1) is 9.89 Å². The Balaban J connectivity index is 2.17. The van der Waals surface area contributed by atoms with Gasteiger partial charge in [0.25, 0.3) is 0 Å². The highest BCUT2D eigenvalue weighted by atomic mass is 79.9. The van der Waals surface area contributed by atoms with E-state index < -0.39 is 0 Å². The number of carbonyl (C=O) groups is 1. The molecule has 102 valence electrons. The first-order valence-electron chi connectivity index (χ1n) is 6.19. The molecular weight excluding hydrogens is 314 g/mol. The topological polar surface area (TPSA) is 49.3 Å². The van der Waals surface area contributed by atoms with Crippen LogP contribution in [0.3, 0.4) is 0 Å². The van der Waals surface area contributed by atoms with Crippen molar-refractivity contribution in [1.29, 1.82) is 0 Å². The number of rotatable bonds is 7. The van der Waals surface area contributed by atoms with E-state index in [0.29, 0.717) is 12.8 Å². The number of halogens is 1. The minimum absolute atomic E-state index is 0.0355. The highest BCUT2D eigenvalue weighted by Crippen LogP contribution is 2.23. The zero-order chi connectivity index (χ0) is 13.5. The lowest BCUT2D eigenvalue weighted by molar-refractivity contribution is -0.121. The van der Waals surface area contributed by atoms with Crippen molar-refractivity contribution in [2.45, 2.75) is 51.7 Å². The Morgan fingerprint density at radius 2 is 2.22 bits per heavy atom. The molecule has 3 nitrogen and oxygen atoms in total. The molecule has 2 N–H and O–H groups in total. The molecule has 0 aromatic carbocycles. The summed E-state index contributed by atoms with van der Waals surface area (Å²) >= 11 is 5.14. The van der Waals surface area contributed by atoms with Gasteiger partial charge in [0.1, 0.15) is 0 Å². The third kappa shape index (κ3) is 6.52. The smallest absolute Gasteiger partial charge is 0.220 e. The van der Waals surface area contributed by atoms with E-state index in [1.165, 1.54) is 4.88 Å². The number of nitrogens with one attached hydrogen (secondary N) is 1. The molecule has 1 rings (SSSR count). The second kappa shape index (κ2) is 7.92. The molecule has 0 saturated heterocycles. The molecule has 5 heteroatoms. The van der Waals surface area contributed by atoms with E-state index in [4.69, 9.17) is 0 Å². The summed E-state index contributed by atoms with van der Waals surface area (Å²) in [6, 6.07) is 4.15. The summed E-state index contributed by atoms with van der Waals surface area (Å²) in [7, 11) is 0. The first kappa shape index (κ1) is 15.7. The van der Waals surface area contributed by atoms with Crippen LogP contribution in [0.2, 0.25) is 0 Å². The Bertz CT molecular complexity index is 379. The van der Waals surface area contributed by atoms with Crippen LogP contribution >= 0.6 is 27.3 Å². The molecule has 0 fully saturated rings. The van der Waals surface area contributed by atoms with Crippen LogP contribution in [0.15, 0.2) is 15.9 Å². The molecule has 1 heterocycles. The maximum atomic E-state index is 11.6. The summed E-state index contributed by atoms with van der Waals surface area (Å²) in [5.74, 6) is 0.0683. The van der Waals surface area contributed by atoms with Crippen molar-refractivity contribution in [3.63, 3.8) is 0 Å². The normalized spacial score (nSPS) is 14.2. The standard InChI is InChI=1S/C13H20BrNO2S/c1-9(8-10(2)16)15-13(17)5-3-4-11-6-7-12(14)18-11/h6-7,9-10,16H,3-5,8H2,1-2H3,(H,15,17). The molecule has 0 aliphatic heterocycles. The third-order valence-corrected chi connectivity index (χ3v) is 4.24. The number of aliphatic hydroxyl groups excluding tert-OH is 1. The fraction of sp³-hybridized carbons (Fsp3) is 0.615. The van der Waals surface area contributed by atoms with Gasteiger partial charge in [-0.3, -0.25) is 4.79 Å². The summed E-state index contributed by atoms with van der Waals surface area (Å²) in [5.41, 5.74) is 0. The molecule has 1 amide bonds. The fourth-order valence-corrected chi connectivity index (χ4v) is 3.35. The largest absolute Gasteiger partial charge is 0.393 e. The number of aliphatic hydroxyl groups is 1. The maximum Gasteiger partial charge on any atom is 0.220 e. The van der Waals surface area contributed by atoms with Gasteiger partial charge in [-0.2, -0.15) is 0 Å². The van der Waals surface area contributed by atoms with E-state index in [1.807, 2.05) is 13.0 Å². The molecule has 0 bridgehead atoms. The first-order valence-corrected chi connectivity index (χ1v) is 7.80. The minimum atomic E-state index is -0.372. The summed E-state index contributed by atoms with van der Waals surface area (Å²) < 4.78 is 1.13. The molecule has 0 aliphatic rings. The van der Waals surface area contributed by atoms with Crippen LogP contribution in [-0.2, 0) is 11.2 Å². The lowest BCUT2D eigenvalue weighted by atomic mass is 10.1. The monoisotopic (exact) mass is 333 g/mol.